The van der Waals surface area contributed by atoms with Gasteiger partial charge in [0.2, 0.25) is 0 Å². The number of nitrogens with two attached hydrogens (primary N) is 1. The van der Waals surface area contributed by atoms with Crippen molar-refractivity contribution in [2.24, 2.45) is 5.73 Å². The van der Waals surface area contributed by atoms with Crippen molar-refractivity contribution in [3.63, 3.8) is 0 Å². The van der Waals surface area contributed by atoms with Crippen molar-refractivity contribution < 1.29 is 8.42 Å². The lowest BCUT2D eigenvalue weighted by molar-refractivity contribution is 0.601. The predicted molar refractivity (Wildman–Crippen MR) is 92.0 cm³/mol. The largest absolute Gasteiger partial charge is 0.389 e. The van der Waals surface area contributed by atoms with E-state index < -0.39 is 10.0 Å². The molecule has 0 spiro atoms. The Labute approximate surface area is 137 Å². The summed E-state index contributed by atoms with van der Waals surface area (Å²) in [7, 11) is -3.66. The van der Waals surface area contributed by atoms with Crippen molar-refractivity contribution in [3.8, 4) is 0 Å². The first-order chi connectivity index (χ1) is 9.79. The summed E-state index contributed by atoms with van der Waals surface area (Å²) in [6.45, 7) is 1.93. The summed E-state index contributed by atoms with van der Waals surface area (Å²) in [4.78, 5) is 0.378. The molecule has 0 heterocycles. The van der Waals surface area contributed by atoms with Crippen LogP contribution in [-0.4, -0.2) is 13.4 Å². The lowest BCUT2D eigenvalue weighted by Gasteiger charge is -2.10. The zero-order valence-electron chi connectivity index (χ0n) is 11.1. The number of hydrogen-bond donors (Lipinski definition) is 2. The van der Waals surface area contributed by atoms with E-state index in [0.29, 0.717) is 15.7 Å². The van der Waals surface area contributed by atoms with Gasteiger partial charge in [-0.2, -0.15) is 0 Å². The van der Waals surface area contributed by atoms with Crippen LogP contribution in [0, 0.1) is 6.92 Å². The SMILES string of the molecule is Cc1ccc(NS(=O)(=O)c2ccc(C(N)=S)cc2)c(Br)c1. The first kappa shape index (κ1) is 15.9. The molecule has 21 heavy (non-hydrogen) atoms. The third-order valence-corrected chi connectivity index (χ3v) is 5.09. The molecule has 0 aliphatic rings. The van der Waals surface area contributed by atoms with Gasteiger partial charge in [0.25, 0.3) is 10.0 Å². The Morgan fingerprint density at radius 3 is 2.33 bits per heavy atom. The second kappa shape index (κ2) is 6.13. The van der Waals surface area contributed by atoms with Crippen LogP contribution in [0.5, 0.6) is 0 Å². The fraction of sp³-hybridized carbons (Fsp3) is 0.0714. The number of halogens is 1. The molecule has 0 radical (unpaired) electrons. The molecule has 110 valence electrons. The van der Waals surface area contributed by atoms with Crippen LogP contribution >= 0.6 is 28.1 Å². The summed E-state index contributed by atoms with van der Waals surface area (Å²) >= 11 is 8.18. The molecule has 0 saturated heterocycles. The average Bonchev–Trinajstić information content (AvgIpc) is 2.42. The zero-order valence-corrected chi connectivity index (χ0v) is 14.3. The number of benzene rings is 2. The van der Waals surface area contributed by atoms with Gasteiger partial charge in [0, 0.05) is 10.0 Å². The highest BCUT2D eigenvalue weighted by atomic mass is 79.9. The van der Waals surface area contributed by atoms with Crippen LogP contribution < -0.4 is 10.5 Å². The number of aryl methyl sites for hydroxylation is 1. The molecule has 2 aromatic rings. The van der Waals surface area contributed by atoms with E-state index in [4.69, 9.17) is 18.0 Å². The Hall–Kier alpha value is -1.44. The molecule has 0 fully saturated rings. The van der Waals surface area contributed by atoms with Crippen LogP contribution in [0.4, 0.5) is 5.69 Å². The van der Waals surface area contributed by atoms with E-state index in [1.807, 2.05) is 19.1 Å². The average molecular weight is 385 g/mol. The fourth-order valence-electron chi connectivity index (χ4n) is 1.70. The molecule has 0 atom stereocenters. The second-order valence-electron chi connectivity index (χ2n) is 4.48. The van der Waals surface area contributed by atoms with Crippen molar-refractivity contribution in [1.82, 2.24) is 0 Å². The van der Waals surface area contributed by atoms with Gasteiger partial charge < -0.3 is 5.73 Å². The maximum absolute atomic E-state index is 12.3. The molecular weight excluding hydrogens is 372 g/mol. The minimum Gasteiger partial charge on any atom is -0.389 e. The van der Waals surface area contributed by atoms with Gasteiger partial charge in [-0.25, -0.2) is 8.42 Å². The maximum atomic E-state index is 12.3. The molecule has 2 rings (SSSR count). The number of rotatable bonds is 4. The van der Waals surface area contributed by atoms with Gasteiger partial charge in [0.05, 0.1) is 10.6 Å². The smallest absolute Gasteiger partial charge is 0.261 e. The molecule has 0 saturated carbocycles. The molecule has 0 aromatic heterocycles. The molecule has 0 aliphatic carbocycles. The van der Waals surface area contributed by atoms with E-state index in [2.05, 4.69) is 20.7 Å². The highest BCUT2D eigenvalue weighted by molar-refractivity contribution is 9.10. The van der Waals surface area contributed by atoms with Crippen molar-refractivity contribution in [3.05, 3.63) is 58.1 Å². The Bertz CT molecular complexity index is 787. The molecule has 2 aromatic carbocycles. The van der Waals surface area contributed by atoms with Gasteiger partial charge in [0.1, 0.15) is 4.99 Å². The quantitative estimate of drug-likeness (QED) is 0.793. The van der Waals surface area contributed by atoms with Gasteiger partial charge in [-0.3, -0.25) is 4.72 Å². The van der Waals surface area contributed by atoms with Crippen LogP contribution in [0.15, 0.2) is 51.8 Å². The Kier molecular flexibility index (Phi) is 4.65. The lowest BCUT2D eigenvalue weighted by atomic mass is 10.2. The highest BCUT2D eigenvalue weighted by Crippen LogP contribution is 2.26. The molecule has 0 amide bonds. The summed E-state index contributed by atoms with van der Waals surface area (Å²) in [6, 6.07) is 11.5. The zero-order chi connectivity index (χ0) is 15.6. The molecule has 4 nitrogen and oxygen atoms in total. The molecule has 0 bridgehead atoms. The number of anilines is 1. The predicted octanol–water partition coefficient (Wildman–Crippen LogP) is 3.19. The number of sulfonamides is 1. The summed E-state index contributed by atoms with van der Waals surface area (Å²) in [5, 5.41) is 0. The van der Waals surface area contributed by atoms with Crippen molar-refractivity contribution in [2.45, 2.75) is 11.8 Å². The highest BCUT2D eigenvalue weighted by Gasteiger charge is 2.15. The third-order valence-electron chi connectivity index (χ3n) is 2.82. The molecule has 3 N–H and O–H groups in total. The topological polar surface area (TPSA) is 72.2 Å². The molecule has 0 aliphatic heterocycles. The molecule has 7 heteroatoms. The monoisotopic (exact) mass is 384 g/mol. The van der Waals surface area contributed by atoms with Gasteiger partial charge in [-0.15, -0.1) is 0 Å². The van der Waals surface area contributed by atoms with E-state index in [1.54, 1.807) is 18.2 Å². The second-order valence-corrected chi connectivity index (χ2v) is 7.45. The van der Waals surface area contributed by atoms with Crippen LogP contribution in [0.3, 0.4) is 0 Å². The Morgan fingerprint density at radius 2 is 1.81 bits per heavy atom. The molecule has 0 unspecified atom stereocenters. The van der Waals surface area contributed by atoms with E-state index in [1.165, 1.54) is 12.1 Å². The standard InChI is InChI=1S/C14H13BrN2O2S2/c1-9-2-7-13(12(15)8-9)17-21(18,19)11-5-3-10(4-6-11)14(16)20/h2-8,17H,1H3,(H2,16,20). The third kappa shape index (κ3) is 3.81. The minimum absolute atomic E-state index is 0.148. The Morgan fingerprint density at radius 1 is 1.19 bits per heavy atom. The van der Waals surface area contributed by atoms with Gasteiger partial charge in [-0.1, -0.05) is 30.4 Å². The van der Waals surface area contributed by atoms with E-state index in [0.717, 1.165) is 5.56 Å². The van der Waals surface area contributed by atoms with Crippen molar-refractivity contribution >= 4 is 48.8 Å². The first-order valence-electron chi connectivity index (χ1n) is 5.98. The Balaban J connectivity index is 2.31. The first-order valence-corrected chi connectivity index (χ1v) is 8.67. The maximum Gasteiger partial charge on any atom is 0.261 e. The van der Waals surface area contributed by atoms with Crippen molar-refractivity contribution in [2.75, 3.05) is 4.72 Å². The van der Waals surface area contributed by atoms with E-state index in [-0.39, 0.29) is 9.88 Å². The van der Waals surface area contributed by atoms with Gasteiger partial charge in [0.15, 0.2) is 0 Å². The summed E-state index contributed by atoms with van der Waals surface area (Å²) < 4.78 is 27.9. The van der Waals surface area contributed by atoms with Crippen LogP contribution in [0.1, 0.15) is 11.1 Å². The van der Waals surface area contributed by atoms with E-state index >= 15 is 0 Å². The summed E-state index contributed by atoms with van der Waals surface area (Å²) in [6.07, 6.45) is 0. The summed E-state index contributed by atoms with van der Waals surface area (Å²) in [5.41, 5.74) is 7.63. The fourth-order valence-corrected chi connectivity index (χ4v) is 3.64. The van der Waals surface area contributed by atoms with Crippen molar-refractivity contribution in [1.29, 1.82) is 0 Å². The number of thiocarbonyl (C=S) groups is 1. The van der Waals surface area contributed by atoms with E-state index in [9.17, 15) is 8.42 Å². The lowest BCUT2D eigenvalue weighted by Crippen LogP contribution is -2.14. The van der Waals surface area contributed by atoms with Gasteiger partial charge in [-0.05, 0) is 52.7 Å². The normalized spacial score (nSPS) is 11.1. The van der Waals surface area contributed by atoms with Crippen LogP contribution in [0.2, 0.25) is 0 Å². The molecular formula is C14H13BrN2O2S2. The minimum atomic E-state index is -3.66. The number of nitrogens with one attached hydrogen (secondary N) is 1. The summed E-state index contributed by atoms with van der Waals surface area (Å²) in [5.74, 6) is 0. The van der Waals surface area contributed by atoms with Gasteiger partial charge >= 0.3 is 0 Å². The van der Waals surface area contributed by atoms with Crippen LogP contribution in [-0.2, 0) is 10.0 Å². The van der Waals surface area contributed by atoms with Crippen LogP contribution in [0.25, 0.3) is 0 Å². The number of hydrogen-bond acceptors (Lipinski definition) is 3.